The molecule has 0 amide bonds. The Hall–Kier alpha value is -1.75. The van der Waals surface area contributed by atoms with Crippen LogP contribution in [0.5, 0.6) is 11.5 Å². The van der Waals surface area contributed by atoms with E-state index in [-0.39, 0.29) is 18.5 Å². The molecule has 1 atom stereocenters. The van der Waals surface area contributed by atoms with E-state index in [1.165, 1.54) is 5.56 Å². The van der Waals surface area contributed by atoms with Gasteiger partial charge < -0.3 is 14.9 Å². The van der Waals surface area contributed by atoms with E-state index in [2.05, 4.69) is 17.0 Å². The van der Waals surface area contributed by atoms with Crippen molar-refractivity contribution in [3.8, 4) is 11.5 Å². The van der Waals surface area contributed by atoms with Gasteiger partial charge in [-0.1, -0.05) is 30.3 Å². The first-order valence-electron chi connectivity index (χ1n) is 9.57. The lowest BCUT2D eigenvalue weighted by molar-refractivity contribution is -0.0286. The molecular weight excluding hydrogens is 362 g/mol. The zero-order valence-corrected chi connectivity index (χ0v) is 16.3. The van der Waals surface area contributed by atoms with Crippen molar-refractivity contribution in [2.75, 3.05) is 19.6 Å². The van der Waals surface area contributed by atoms with Crippen LogP contribution in [0, 0.1) is 0 Å². The summed E-state index contributed by atoms with van der Waals surface area (Å²) in [6.45, 7) is 2.72. The number of benzene rings is 2. The number of aromatic hydroxyl groups is 1. The van der Waals surface area contributed by atoms with Crippen molar-refractivity contribution in [1.29, 1.82) is 0 Å². The largest absolute Gasteiger partial charge is 0.508 e. The third-order valence-electron chi connectivity index (χ3n) is 5.70. The number of piperidine rings is 1. The van der Waals surface area contributed by atoms with E-state index < -0.39 is 5.60 Å². The molecule has 4 rings (SSSR count). The fraction of sp³-hybridized carbons (Fsp3) is 0.455. The maximum atomic E-state index is 10.9. The van der Waals surface area contributed by atoms with Gasteiger partial charge in [0.05, 0.1) is 5.60 Å². The molecule has 1 fully saturated rings. The Morgan fingerprint density at radius 2 is 1.81 bits per heavy atom. The van der Waals surface area contributed by atoms with E-state index >= 15 is 0 Å². The topological polar surface area (TPSA) is 52.9 Å². The Labute approximate surface area is 167 Å². The number of hydrogen-bond acceptors (Lipinski definition) is 4. The predicted octanol–water partition coefficient (Wildman–Crippen LogP) is 3.58. The SMILES string of the molecule is Cl.Oc1ccc2c(c1)CCC(CN1CCC(O)(Cc3ccccc3)CC1)O2. The molecule has 2 aromatic rings. The zero-order chi connectivity index (χ0) is 18.0. The Morgan fingerprint density at radius 1 is 1.07 bits per heavy atom. The molecule has 1 saturated heterocycles. The van der Waals surface area contributed by atoms with Gasteiger partial charge in [0.2, 0.25) is 0 Å². The number of fused-ring (bicyclic) bond motifs is 1. The van der Waals surface area contributed by atoms with Crippen LogP contribution in [0.2, 0.25) is 0 Å². The summed E-state index contributed by atoms with van der Waals surface area (Å²) in [4.78, 5) is 2.41. The van der Waals surface area contributed by atoms with Crippen LogP contribution >= 0.6 is 12.4 Å². The Kier molecular flexibility index (Phi) is 6.30. The maximum Gasteiger partial charge on any atom is 0.123 e. The second-order valence-electron chi connectivity index (χ2n) is 7.76. The fourth-order valence-corrected chi connectivity index (χ4v) is 4.15. The molecule has 2 aliphatic heterocycles. The summed E-state index contributed by atoms with van der Waals surface area (Å²) in [7, 11) is 0. The predicted molar refractivity (Wildman–Crippen MR) is 109 cm³/mol. The highest BCUT2D eigenvalue weighted by atomic mass is 35.5. The molecule has 146 valence electrons. The number of halogens is 1. The van der Waals surface area contributed by atoms with Gasteiger partial charge in [-0.15, -0.1) is 12.4 Å². The molecule has 2 heterocycles. The van der Waals surface area contributed by atoms with E-state index in [9.17, 15) is 10.2 Å². The molecule has 4 nitrogen and oxygen atoms in total. The number of likely N-dealkylation sites (tertiary alicyclic amines) is 1. The van der Waals surface area contributed by atoms with E-state index in [0.717, 1.165) is 63.1 Å². The van der Waals surface area contributed by atoms with E-state index in [1.807, 2.05) is 24.3 Å². The molecule has 0 saturated carbocycles. The van der Waals surface area contributed by atoms with Crippen LogP contribution in [0.15, 0.2) is 48.5 Å². The number of phenolic OH excluding ortho intramolecular Hbond substituents is 1. The van der Waals surface area contributed by atoms with Gasteiger partial charge in [-0.25, -0.2) is 0 Å². The first kappa shape index (κ1) is 20.0. The standard InChI is InChI=1S/C22H27NO3.ClH/c24-19-7-9-21-18(14-19)6-8-20(26-21)16-23-12-10-22(25,11-13-23)15-17-4-2-1-3-5-17;/h1-5,7,9,14,20,24-25H,6,8,10-13,15-16H2;1H. The molecule has 2 aromatic carbocycles. The highest BCUT2D eigenvalue weighted by molar-refractivity contribution is 5.85. The lowest BCUT2D eigenvalue weighted by Crippen LogP contribution is -2.48. The molecule has 0 radical (unpaired) electrons. The molecule has 1 unspecified atom stereocenters. The van der Waals surface area contributed by atoms with Crippen molar-refractivity contribution in [1.82, 2.24) is 4.90 Å². The van der Waals surface area contributed by atoms with Gasteiger partial charge in [-0.3, -0.25) is 4.90 Å². The van der Waals surface area contributed by atoms with Gasteiger partial charge in [-0.05, 0) is 55.0 Å². The summed E-state index contributed by atoms with van der Waals surface area (Å²) in [5.41, 5.74) is 1.71. The summed E-state index contributed by atoms with van der Waals surface area (Å²) < 4.78 is 6.12. The number of aryl methyl sites for hydroxylation is 1. The molecule has 5 heteroatoms. The lowest BCUT2D eigenvalue weighted by Gasteiger charge is -2.40. The second-order valence-corrected chi connectivity index (χ2v) is 7.76. The van der Waals surface area contributed by atoms with Crippen LogP contribution in [0.3, 0.4) is 0 Å². The van der Waals surface area contributed by atoms with Crippen LogP contribution in [-0.2, 0) is 12.8 Å². The monoisotopic (exact) mass is 389 g/mol. The Balaban J connectivity index is 0.00000210. The van der Waals surface area contributed by atoms with E-state index in [1.54, 1.807) is 12.1 Å². The Bertz CT molecular complexity index is 744. The summed E-state index contributed by atoms with van der Waals surface area (Å²) in [5, 5.41) is 20.5. The first-order chi connectivity index (χ1) is 12.6. The Morgan fingerprint density at radius 3 is 2.56 bits per heavy atom. The van der Waals surface area contributed by atoms with Crippen molar-refractivity contribution in [2.24, 2.45) is 0 Å². The highest BCUT2D eigenvalue weighted by Crippen LogP contribution is 2.32. The average molecular weight is 390 g/mol. The third-order valence-corrected chi connectivity index (χ3v) is 5.70. The molecule has 0 aromatic heterocycles. The van der Waals surface area contributed by atoms with Crippen LogP contribution in [0.25, 0.3) is 0 Å². The molecule has 0 aliphatic carbocycles. The smallest absolute Gasteiger partial charge is 0.123 e. The molecule has 2 aliphatic rings. The maximum absolute atomic E-state index is 10.9. The lowest BCUT2D eigenvalue weighted by atomic mass is 9.85. The fourth-order valence-electron chi connectivity index (χ4n) is 4.15. The summed E-state index contributed by atoms with van der Waals surface area (Å²) in [5.74, 6) is 1.20. The van der Waals surface area contributed by atoms with Crippen molar-refractivity contribution in [3.63, 3.8) is 0 Å². The number of nitrogens with zero attached hydrogens (tertiary/aromatic N) is 1. The van der Waals surface area contributed by atoms with Crippen LogP contribution < -0.4 is 4.74 Å². The summed E-state index contributed by atoms with van der Waals surface area (Å²) >= 11 is 0. The molecule has 27 heavy (non-hydrogen) atoms. The van der Waals surface area contributed by atoms with Gasteiger partial charge in [-0.2, -0.15) is 0 Å². The van der Waals surface area contributed by atoms with E-state index in [0.29, 0.717) is 5.75 Å². The molecule has 2 N–H and O–H groups in total. The van der Waals surface area contributed by atoms with Crippen molar-refractivity contribution < 1.29 is 14.9 Å². The second kappa shape index (κ2) is 8.51. The van der Waals surface area contributed by atoms with E-state index in [4.69, 9.17) is 4.74 Å². The number of phenols is 1. The van der Waals surface area contributed by atoms with Gasteiger partial charge >= 0.3 is 0 Å². The van der Waals surface area contributed by atoms with Crippen LogP contribution in [0.4, 0.5) is 0 Å². The van der Waals surface area contributed by atoms with Gasteiger partial charge in [0.1, 0.15) is 17.6 Å². The van der Waals surface area contributed by atoms with Crippen molar-refractivity contribution >= 4 is 12.4 Å². The third kappa shape index (κ3) is 4.95. The minimum Gasteiger partial charge on any atom is -0.508 e. The number of ether oxygens (including phenoxy) is 1. The van der Waals surface area contributed by atoms with Gasteiger partial charge in [0, 0.05) is 26.1 Å². The molecular formula is C22H28ClNO3. The quantitative estimate of drug-likeness (QED) is 0.839. The summed E-state index contributed by atoms with van der Waals surface area (Å²) in [6, 6.07) is 15.6. The average Bonchev–Trinajstić information content (AvgIpc) is 2.65. The van der Waals surface area contributed by atoms with Gasteiger partial charge in [0.25, 0.3) is 0 Å². The highest BCUT2D eigenvalue weighted by Gasteiger charge is 2.33. The molecule has 0 spiro atoms. The van der Waals surface area contributed by atoms with Gasteiger partial charge in [0.15, 0.2) is 0 Å². The minimum atomic E-state index is -0.588. The van der Waals surface area contributed by atoms with Crippen LogP contribution in [0.1, 0.15) is 30.4 Å². The summed E-state index contributed by atoms with van der Waals surface area (Å²) in [6.07, 6.45) is 4.45. The normalized spacial score (nSPS) is 21.6. The van der Waals surface area contributed by atoms with Crippen LogP contribution in [-0.4, -0.2) is 46.5 Å². The zero-order valence-electron chi connectivity index (χ0n) is 15.5. The minimum absolute atomic E-state index is 0. The van der Waals surface area contributed by atoms with Crippen molar-refractivity contribution in [3.05, 3.63) is 59.7 Å². The number of rotatable bonds is 4. The van der Waals surface area contributed by atoms with Crippen molar-refractivity contribution in [2.45, 2.75) is 43.8 Å². The number of aliphatic hydroxyl groups is 1. The first-order valence-corrected chi connectivity index (χ1v) is 9.57. The number of hydrogen-bond donors (Lipinski definition) is 2. The molecule has 0 bridgehead atoms.